The summed E-state index contributed by atoms with van der Waals surface area (Å²) in [6.07, 6.45) is 7.44. The van der Waals surface area contributed by atoms with Gasteiger partial charge in [0.1, 0.15) is 6.07 Å². The quantitative estimate of drug-likeness (QED) is 0.330. The van der Waals surface area contributed by atoms with Crippen LogP contribution in [0.5, 0.6) is 0 Å². The van der Waals surface area contributed by atoms with E-state index in [1.54, 1.807) is 18.0 Å². The van der Waals surface area contributed by atoms with Crippen molar-refractivity contribution in [3.63, 3.8) is 0 Å². The summed E-state index contributed by atoms with van der Waals surface area (Å²) in [5.41, 5.74) is 0.611. The third kappa shape index (κ3) is 6.08. The first-order valence-corrected chi connectivity index (χ1v) is 6.73. The molecule has 118 valence electrons. The molecule has 0 heterocycles. The van der Waals surface area contributed by atoms with Crippen molar-refractivity contribution in [3.8, 4) is 24.3 Å². The Balaban J connectivity index is 5.57. The van der Waals surface area contributed by atoms with Crippen LogP contribution in [-0.4, -0.2) is 5.87 Å². The average molecular weight is 323 g/mol. The molecule has 0 radical (unpaired) electrons. The van der Waals surface area contributed by atoms with E-state index < -0.39 is 0 Å². The molecule has 0 unspecified atom stereocenters. The molecular weight excluding hydrogens is 312 g/mol. The minimum absolute atomic E-state index is 0.138. The molecular formula is C19H11N6-. The number of nitriles is 4. The molecule has 0 saturated carbocycles. The lowest BCUT2D eigenvalue weighted by molar-refractivity contribution is 1.35. The Morgan fingerprint density at radius 1 is 0.920 bits per heavy atom. The van der Waals surface area contributed by atoms with Crippen LogP contribution in [0.2, 0.25) is 0 Å². The second-order valence-corrected chi connectivity index (χ2v) is 4.38. The Bertz CT molecular complexity index is 941. The number of nitrogens with zero attached hydrogens (tertiary/aromatic N) is 6. The minimum Gasteiger partial charge on any atom is -0.762 e. The van der Waals surface area contributed by atoms with Crippen molar-refractivity contribution in [2.75, 3.05) is 0 Å². The van der Waals surface area contributed by atoms with Gasteiger partial charge in [0.25, 0.3) is 5.70 Å². The molecule has 0 aliphatic carbocycles. The van der Waals surface area contributed by atoms with E-state index in [2.05, 4.69) is 4.85 Å². The lowest BCUT2D eigenvalue weighted by Gasteiger charge is -1.98. The van der Waals surface area contributed by atoms with Crippen molar-refractivity contribution in [1.82, 2.24) is 0 Å². The summed E-state index contributed by atoms with van der Waals surface area (Å²) < 4.78 is 0. The molecule has 0 spiro atoms. The van der Waals surface area contributed by atoms with Crippen molar-refractivity contribution >= 4 is 5.87 Å². The van der Waals surface area contributed by atoms with Crippen molar-refractivity contribution in [2.24, 2.45) is 0 Å². The molecule has 0 aliphatic rings. The molecule has 25 heavy (non-hydrogen) atoms. The monoisotopic (exact) mass is 323 g/mol. The van der Waals surface area contributed by atoms with Gasteiger partial charge in [-0.25, -0.2) is 10.1 Å². The molecule has 0 fully saturated rings. The second kappa shape index (κ2) is 11.2. The molecule has 0 aromatic heterocycles. The molecule has 0 aliphatic heterocycles. The van der Waals surface area contributed by atoms with Crippen LogP contribution in [0.1, 0.15) is 13.8 Å². The summed E-state index contributed by atoms with van der Waals surface area (Å²) >= 11 is 0. The van der Waals surface area contributed by atoms with Gasteiger partial charge in [0.15, 0.2) is 0 Å². The van der Waals surface area contributed by atoms with Crippen LogP contribution in [0.4, 0.5) is 0 Å². The van der Waals surface area contributed by atoms with Gasteiger partial charge in [0, 0.05) is 5.57 Å². The predicted molar refractivity (Wildman–Crippen MR) is 92.7 cm³/mol. The van der Waals surface area contributed by atoms with E-state index in [-0.39, 0.29) is 33.6 Å². The van der Waals surface area contributed by atoms with Gasteiger partial charge < -0.3 is 5.41 Å². The summed E-state index contributed by atoms with van der Waals surface area (Å²) in [6.45, 7) is 9.89. The van der Waals surface area contributed by atoms with Gasteiger partial charge in [-0.3, -0.25) is 5.87 Å². The maximum atomic E-state index is 9.08. The Kier molecular flexibility index (Phi) is 9.23. The first-order chi connectivity index (χ1) is 12.0. The van der Waals surface area contributed by atoms with Crippen LogP contribution < -0.4 is 0 Å². The van der Waals surface area contributed by atoms with E-state index in [0.29, 0.717) is 0 Å². The third-order valence-corrected chi connectivity index (χ3v) is 2.97. The number of rotatable bonds is 5. The molecule has 0 atom stereocenters. The summed E-state index contributed by atoms with van der Waals surface area (Å²) in [5, 5.41) is 44.6. The lowest BCUT2D eigenvalue weighted by Crippen LogP contribution is -1.87. The highest BCUT2D eigenvalue weighted by molar-refractivity contribution is 5.74. The first-order valence-electron chi connectivity index (χ1n) is 6.73. The lowest BCUT2D eigenvalue weighted by atomic mass is 10.0. The summed E-state index contributed by atoms with van der Waals surface area (Å²) in [6, 6.07) is 7.25. The van der Waals surface area contributed by atoms with Gasteiger partial charge in [-0.1, -0.05) is 18.2 Å². The first kappa shape index (κ1) is 20.6. The number of allylic oxidation sites excluding steroid dienone is 11. The number of hydrogen-bond donors (Lipinski definition) is 0. The van der Waals surface area contributed by atoms with Gasteiger partial charge in [0.05, 0.1) is 35.9 Å². The van der Waals surface area contributed by atoms with Crippen LogP contribution in [0.3, 0.4) is 0 Å². The van der Waals surface area contributed by atoms with Gasteiger partial charge in [-0.05, 0) is 37.1 Å². The highest BCUT2D eigenvalue weighted by Gasteiger charge is 2.05. The van der Waals surface area contributed by atoms with Crippen molar-refractivity contribution in [1.29, 1.82) is 21.0 Å². The van der Waals surface area contributed by atoms with Crippen LogP contribution >= 0.6 is 0 Å². The van der Waals surface area contributed by atoms with E-state index in [4.69, 9.17) is 33.0 Å². The molecule has 0 amide bonds. The van der Waals surface area contributed by atoms with Gasteiger partial charge >= 0.3 is 0 Å². The molecule has 0 rings (SSSR count). The van der Waals surface area contributed by atoms with Crippen molar-refractivity contribution in [2.45, 2.75) is 13.8 Å². The SMILES string of the molecule is [C-]#[N+]/C(C#N)=C(C)/C(C#N)=C/C=C/C=C/C(C#N)=C(\C)C(=C=[N-])C#N. The Hall–Kier alpha value is -4.40. The Labute approximate surface area is 146 Å². The van der Waals surface area contributed by atoms with Gasteiger partial charge in [-0.2, -0.15) is 15.8 Å². The van der Waals surface area contributed by atoms with Crippen LogP contribution in [0.25, 0.3) is 10.3 Å². The predicted octanol–water partition coefficient (Wildman–Crippen LogP) is 3.79. The van der Waals surface area contributed by atoms with Crippen LogP contribution in [0, 0.1) is 51.9 Å². The zero-order valence-corrected chi connectivity index (χ0v) is 13.6. The molecule has 0 N–H and O–H groups in total. The highest BCUT2D eigenvalue weighted by atomic mass is 14.7. The third-order valence-electron chi connectivity index (χ3n) is 2.97. The highest BCUT2D eigenvalue weighted by Crippen LogP contribution is 2.15. The summed E-state index contributed by atoms with van der Waals surface area (Å²) in [4.78, 5) is 3.05. The molecule has 0 bridgehead atoms. The fourth-order valence-electron chi connectivity index (χ4n) is 1.51. The maximum Gasteiger partial charge on any atom is 0.266 e. The molecule has 0 aromatic carbocycles. The molecule has 6 nitrogen and oxygen atoms in total. The van der Waals surface area contributed by atoms with E-state index in [9.17, 15) is 0 Å². The van der Waals surface area contributed by atoms with Crippen LogP contribution in [-0.2, 0) is 0 Å². The van der Waals surface area contributed by atoms with E-state index in [0.717, 1.165) is 0 Å². The standard InChI is InChI=1S/C19H11N6/c1-14(18(11-22)12-23)16(9-20)7-5-4-6-8-17(10-21)15(2)19(13-24)25-3/h4-8H,1-2H3/q-1/b6-4+,7-5+,16-14-,17-8+,19-15+. The van der Waals surface area contributed by atoms with Gasteiger partial charge in [0.2, 0.25) is 0 Å². The van der Waals surface area contributed by atoms with E-state index >= 15 is 0 Å². The normalized spacial score (nSPS) is 12.6. The van der Waals surface area contributed by atoms with Crippen molar-refractivity contribution in [3.05, 3.63) is 80.8 Å². The average Bonchev–Trinajstić information content (AvgIpc) is 2.63. The molecule has 6 heteroatoms. The molecule has 0 saturated heterocycles. The minimum atomic E-state index is -0.154. The second-order valence-electron chi connectivity index (χ2n) is 4.38. The van der Waals surface area contributed by atoms with Crippen molar-refractivity contribution < 1.29 is 0 Å². The van der Waals surface area contributed by atoms with E-state index in [1.165, 1.54) is 44.2 Å². The van der Waals surface area contributed by atoms with Gasteiger partial charge in [-0.15, -0.1) is 0 Å². The smallest absolute Gasteiger partial charge is 0.266 e. The largest absolute Gasteiger partial charge is 0.762 e. The Morgan fingerprint density at radius 2 is 1.60 bits per heavy atom. The summed E-state index contributed by atoms with van der Waals surface area (Å²) in [7, 11) is 0. The zero-order valence-electron chi connectivity index (χ0n) is 13.6. The van der Waals surface area contributed by atoms with Crippen LogP contribution in [0.15, 0.2) is 63.9 Å². The fourth-order valence-corrected chi connectivity index (χ4v) is 1.51. The zero-order chi connectivity index (χ0) is 19.2. The molecule has 0 aromatic rings. The maximum absolute atomic E-state index is 9.08. The van der Waals surface area contributed by atoms with E-state index in [1.807, 2.05) is 12.1 Å². The fraction of sp³-hybridized carbons (Fsp3) is 0.105. The Morgan fingerprint density at radius 3 is 2.04 bits per heavy atom. The topological polar surface area (TPSA) is 122 Å². The summed E-state index contributed by atoms with van der Waals surface area (Å²) in [5.74, 6) is 1.72. The number of hydrogen-bond acceptors (Lipinski definition) is 4.